The van der Waals surface area contributed by atoms with E-state index in [-0.39, 0.29) is 24.2 Å². The highest BCUT2D eigenvalue weighted by atomic mass is 19.1. The van der Waals surface area contributed by atoms with Crippen LogP contribution in [0.3, 0.4) is 0 Å². The Labute approximate surface area is 209 Å². The maximum absolute atomic E-state index is 14.2. The van der Waals surface area contributed by atoms with Gasteiger partial charge in [-0.2, -0.15) is 0 Å². The number of hydrogen-bond acceptors (Lipinski definition) is 5. The molecule has 2 amide bonds. The predicted molar refractivity (Wildman–Crippen MR) is 137 cm³/mol. The van der Waals surface area contributed by atoms with Gasteiger partial charge in [-0.05, 0) is 68.7 Å². The molecular weight excluding hydrogens is 457 g/mol. The number of halogens is 1. The zero-order valence-electron chi connectivity index (χ0n) is 20.0. The molecule has 0 saturated carbocycles. The maximum Gasteiger partial charge on any atom is 0.260 e. The van der Waals surface area contributed by atoms with Crippen LogP contribution in [-0.4, -0.2) is 52.9 Å². The SMILES string of the molecule is O=C(NCCCN1CCCC1)c1ccc(/C=C2/C(=O)N(Cc3ccccc3F)c3cncnc32)cc1. The molecule has 1 fully saturated rings. The van der Waals surface area contributed by atoms with E-state index in [9.17, 15) is 14.0 Å². The van der Waals surface area contributed by atoms with Crippen LogP contribution in [-0.2, 0) is 11.3 Å². The van der Waals surface area contributed by atoms with Crippen LogP contribution in [0.4, 0.5) is 10.1 Å². The van der Waals surface area contributed by atoms with Crippen LogP contribution >= 0.6 is 0 Å². The van der Waals surface area contributed by atoms with Gasteiger partial charge in [0.15, 0.2) is 0 Å². The van der Waals surface area contributed by atoms with Crippen LogP contribution in [0.2, 0.25) is 0 Å². The number of rotatable bonds is 8. The molecule has 2 aromatic carbocycles. The summed E-state index contributed by atoms with van der Waals surface area (Å²) in [5, 5.41) is 2.98. The maximum atomic E-state index is 14.2. The number of amides is 2. The van der Waals surface area contributed by atoms with E-state index in [1.165, 1.54) is 30.1 Å². The van der Waals surface area contributed by atoms with Crippen LogP contribution in [0, 0.1) is 5.82 Å². The van der Waals surface area contributed by atoms with Gasteiger partial charge in [0, 0.05) is 17.7 Å². The van der Waals surface area contributed by atoms with Gasteiger partial charge in [-0.3, -0.25) is 9.59 Å². The van der Waals surface area contributed by atoms with Gasteiger partial charge < -0.3 is 15.1 Å². The number of fused-ring (bicyclic) bond motifs is 1. The van der Waals surface area contributed by atoms with E-state index in [0.717, 1.165) is 31.6 Å². The van der Waals surface area contributed by atoms with Crippen molar-refractivity contribution in [3.63, 3.8) is 0 Å². The van der Waals surface area contributed by atoms with Crippen molar-refractivity contribution < 1.29 is 14.0 Å². The fraction of sp³-hybridized carbons (Fsp3) is 0.286. The number of nitrogens with one attached hydrogen (secondary N) is 1. The number of hydrogen-bond donors (Lipinski definition) is 1. The molecule has 0 radical (unpaired) electrons. The highest BCUT2D eigenvalue weighted by Crippen LogP contribution is 2.36. The average Bonchev–Trinajstić information content (AvgIpc) is 3.51. The van der Waals surface area contributed by atoms with Gasteiger partial charge in [0.25, 0.3) is 11.8 Å². The van der Waals surface area contributed by atoms with Gasteiger partial charge in [-0.1, -0.05) is 30.3 Å². The van der Waals surface area contributed by atoms with Crippen LogP contribution in [0.15, 0.2) is 61.1 Å². The van der Waals surface area contributed by atoms with Gasteiger partial charge in [-0.25, -0.2) is 14.4 Å². The summed E-state index contributed by atoms with van der Waals surface area (Å²) in [6.45, 7) is 4.06. The second-order valence-corrected chi connectivity index (χ2v) is 9.08. The van der Waals surface area contributed by atoms with Gasteiger partial charge in [0.2, 0.25) is 0 Å². The lowest BCUT2D eigenvalue weighted by atomic mass is 10.1. The van der Waals surface area contributed by atoms with E-state index in [1.54, 1.807) is 54.7 Å². The summed E-state index contributed by atoms with van der Waals surface area (Å²) in [5.41, 5.74) is 3.20. The summed E-state index contributed by atoms with van der Waals surface area (Å²) in [7, 11) is 0. The number of benzene rings is 2. The quantitative estimate of drug-likeness (QED) is 0.387. The van der Waals surface area contributed by atoms with Crippen LogP contribution in [0.1, 0.15) is 46.4 Å². The zero-order chi connectivity index (χ0) is 24.9. The number of carbonyl (C=O) groups excluding carboxylic acids is 2. The number of nitrogens with zero attached hydrogens (tertiary/aromatic N) is 4. The van der Waals surface area contributed by atoms with E-state index in [0.29, 0.717) is 34.6 Å². The molecule has 3 heterocycles. The molecular formula is C28H28FN5O2. The second-order valence-electron chi connectivity index (χ2n) is 9.08. The van der Waals surface area contributed by atoms with Gasteiger partial charge in [-0.15, -0.1) is 0 Å². The van der Waals surface area contributed by atoms with Gasteiger partial charge in [0.1, 0.15) is 17.8 Å². The molecule has 1 saturated heterocycles. The third-order valence-electron chi connectivity index (χ3n) is 6.62. The van der Waals surface area contributed by atoms with Crippen molar-refractivity contribution in [2.24, 2.45) is 0 Å². The van der Waals surface area contributed by atoms with Crippen LogP contribution in [0.5, 0.6) is 0 Å². The number of likely N-dealkylation sites (tertiary alicyclic amines) is 1. The van der Waals surface area contributed by atoms with Crippen molar-refractivity contribution in [2.45, 2.75) is 25.8 Å². The molecule has 2 aliphatic heterocycles. The largest absolute Gasteiger partial charge is 0.352 e. The Morgan fingerprint density at radius 3 is 2.64 bits per heavy atom. The minimum absolute atomic E-state index is 0.0834. The topological polar surface area (TPSA) is 78.4 Å². The summed E-state index contributed by atoms with van der Waals surface area (Å²) >= 11 is 0. The summed E-state index contributed by atoms with van der Waals surface area (Å²) in [6.07, 6.45) is 8.17. The lowest BCUT2D eigenvalue weighted by Gasteiger charge is -2.16. The smallest absolute Gasteiger partial charge is 0.260 e. The standard InChI is InChI=1S/C28H28FN5O2/c29-24-7-2-1-6-22(24)18-34-25-17-30-19-32-26(25)23(28(34)36)16-20-8-10-21(11-9-20)27(35)31-12-5-15-33-13-3-4-14-33/h1-2,6-11,16-17,19H,3-5,12-15,18H2,(H,31,35)/b23-16+. The summed E-state index contributed by atoms with van der Waals surface area (Å²) < 4.78 is 14.2. The van der Waals surface area contributed by atoms with Crippen LogP contribution < -0.4 is 10.2 Å². The summed E-state index contributed by atoms with van der Waals surface area (Å²) in [4.78, 5) is 38.1. The molecule has 0 bridgehead atoms. The molecule has 5 rings (SSSR count). The summed E-state index contributed by atoms with van der Waals surface area (Å²) in [5.74, 6) is -0.749. The van der Waals surface area contributed by atoms with Crippen molar-refractivity contribution in [1.82, 2.24) is 20.2 Å². The fourth-order valence-electron chi connectivity index (χ4n) is 4.68. The monoisotopic (exact) mass is 485 g/mol. The number of anilines is 1. The Morgan fingerprint density at radius 1 is 1.08 bits per heavy atom. The predicted octanol–water partition coefficient (Wildman–Crippen LogP) is 3.92. The fourth-order valence-corrected chi connectivity index (χ4v) is 4.68. The van der Waals surface area contributed by atoms with Crippen molar-refractivity contribution in [2.75, 3.05) is 31.1 Å². The van der Waals surface area contributed by atoms with E-state index in [2.05, 4.69) is 20.2 Å². The van der Waals surface area contributed by atoms with Crippen molar-refractivity contribution in [3.8, 4) is 0 Å². The minimum Gasteiger partial charge on any atom is -0.352 e. The number of carbonyl (C=O) groups is 2. The normalized spacial score (nSPS) is 16.5. The molecule has 1 N–H and O–H groups in total. The van der Waals surface area contributed by atoms with Gasteiger partial charge in [0.05, 0.1) is 24.0 Å². The average molecular weight is 486 g/mol. The van der Waals surface area contributed by atoms with Crippen molar-refractivity contribution >= 4 is 29.2 Å². The molecule has 3 aromatic rings. The van der Waals surface area contributed by atoms with E-state index >= 15 is 0 Å². The molecule has 1 aromatic heterocycles. The summed E-state index contributed by atoms with van der Waals surface area (Å²) in [6, 6.07) is 13.5. The molecule has 0 atom stereocenters. The first-order valence-electron chi connectivity index (χ1n) is 12.3. The second kappa shape index (κ2) is 10.8. The van der Waals surface area contributed by atoms with E-state index < -0.39 is 0 Å². The minimum atomic E-state index is -0.369. The Hall–Kier alpha value is -3.91. The first-order chi connectivity index (χ1) is 17.6. The molecule has 0 aliphatic carbocycles. The first kappa shape index (κ1) is 23.8. The Bertz CT molecular complexity index is 1290. The molecule has 0 spiro atoms. The lowest BCUT2D eigenvalue weighted by Crippen LogP contribution is -2.28. The Kier molecular flexibility index (Phi) is 7.13. The molecule has 2 aliphatic rings. The molecule has 0 unspecified atom stereocenters. The van der Waals surface area contributed by atoms with Crippen molar-refractivity contribution in [3.05, 3.63) is 89.3 Å². The van der Waals surface area contributed by atoms with Gasteiger partial charge >= 0.3 is 0 Å². The molecule has 36 heavy (non-hydrogen) atoms. The first-order valence-corrected chi connectivity index (χ1v) is 12.3. The van der Waals surface area contributed by atoms with E-state index in [4.69, 9.17) is 0 Å². The number of aromatic nitrogens is 2. The zero-order valence-corrected chi connectivity index (χ0v) is 20.0. The third kappa shape index (κ3) is 5.18. The van der Waals surface area contributed by atoms with E-state index in [1.807, 2.05) is 0 Å². The Morgan fingerprint density at radius 2 is 1.86 bits per heavy atom. The Balaban J connectivity index is 1.27. The molecule has 184 valence electrons. The highest BCUT2D eigenvalue weighted by Gasteiger charge is 2.34. The third-order valence-corrected chi connectivity index (χ3v) is 6.62. The van der Waals surface area contributed by atoms with Crippen LogP contribution in [0.25, 0.3) is 11.6 Å². The lowest BCUT2D eigenvalue weighted by molar-refractivity contribution is -0.113. The molecule has 8 heteroatoms. The molecule has 7 nitrogen and oxygen atoms in total. The van der Waals surface area contributed by atoms with Crippen molar-refractivity contribution in [1.29, 1.82) is 0 Å². The highest BCUT2D eigenvalue weighted by molar-refractivity contribution is 6.35.